The highest BCUT2D eigenvalue weighted by molar-refractivity contribution is 7.89. The van der Waals surface area contributed by atoms with Crippen molar-refractivity contribution in [1.29, 1.82) is 0 Å². The predicted molar refractivity (Wildman–Crippen MR) is 92.2 cm³/mol. The van der Waals surface area contributed by atoms with E-state index in [9.17, 15) is 8.42 Å². The number of hydrogen-bond acceptors (Lipinski definition) is 5. The zero-order chi connectivity index (χ0) is 17.4. The number of sulfonamides is 1. The van der Waals surface area contributed by atoms with E-state index in [2.05, 4.69) is 9.97 Å². The lowest BCUT2D eigenvalue weighted by molar-refractivity contribution is 0.214. The van der Waals surface area contributed by atoms with Crippen LogP contribution in [0.2, 0.25) is 5.15 Å². The first kappa shape index (κ1) is 16.3. The quantitative estimate of drug-likeness (QED) is 0.695. The van der Waals surface area contributed by atoms with Crippen LogP contribution in [0.1, 0.15) is 6.42 Å². The van der Waals surface area contributed by atoms with E-state index in [1.165, 1.54) is 8.71 Å². The van der Waals surface area contributed by atoms with Crippen LogP contribution in [0.25, 0.3) is 5.65 Å². The molecule has 1 aliphatic heterocycles. The van der Waals surface area contributed by atoms with Crippen molar-refractivity contribution in [2.75, 3.05) is 13.1 Å². The van der Waals surface area contributed by atoms with Gasteiger partial charge in [-0.1, -0.05) is 17.7 Å². The molecule has 0 N–H and O–H groups in total. The number of pyridine rings is 2. The van der Waals surface area contributed by atoms with Crippen molar-refractivity contribution >= 4 is 27.3 Å². The van der Waals surface area contributed by atoms with Gasteiger partial charge in [0.15, 0.2) is 10.2 Å². The molecule has 1 aliphatic rings. The van der Waals surface area contributed by atoms with E-state index in [-0.39, 0.29) is 22.8 Å². The Morgan fingerprint density at radius 2 is 2.12 bits per heavy atom. The lowest BCUT2D eigenvalue weighted by atomic mass is 10.3. The van der Waals surface area contributed by atoms with Crippen LogP contribution in [0.5, 0.6) is 5.75 Å². The molecule has 0 spiro atoms. The van der Waals surface area contributed by atoms with Gasteiger partial charge < -0.3 is 4.74 Å². The number of ether oxygens (including phenoxy) is 1. The Labute approximate surface area is 149 Å². The van der Waals surface area contributed by atoms with Gasteiger partial charge in [0.2, 0.25) is 0 Å². The molecule has 9 heteroatoms. The second kappa shape index (κ2) is 6.29. The summed E-state index contributed by atoms with van der Waals surface area (Å²) < 4.78 is 34.8. The average Bonchev–Trinajstić information content (AvgIpc) is 3.19. The molecule has 0 aliphatic carbocycles. The molecule has 0 unspecified atom stereocenters. The van der Waals surface area contributed by atoms with E-state index >= 15 is 0 Å². The predicted octanol–water partition coefficient (Wildman–Crippen LogP) is 2.22. The number of imidazole rings is 1. The van der Waals surface area contributed by atoms with E-state index in [1.807, 2.05) is 0 Å². The van der Waals surface area contributed by atoms with Crippen molar-refractivity contribution in [2.45, 2.75) is 17.6 Å². The van der Waals surface area contributed by atoms with Gasteiger partial charge in [-0.25, -0.2) is 13.4 Å². The van der Waals surface area contributed by atoms with Gasteiger partial charge in [-0.3, -0.25) is 9.38 Å². The van der Waals surface area contributed by atoms with Crippen LogP contribution < -0.4 is 4.74 Å². The van der Waals surface area contributed by atoms with Crippen LogP contribution >= 0.6 is 11.6 Å². The molecular formula is C16H15ClN4O3S. The fraction of sp³-hybridized carbons (Fsp3) is 0.250. The summed E-state index contributed by atoms with van der Waals surface area (Å²) in [6, 6.07) is 8.80. The smallest absolute Gasteiger partial charge is 0.262 e. The first-order valence-electron chi connectivity index (χ1n) is 7.75. The van der Waals surface area contributed by atoms with Crippen LogP contribution in [-0.4, -0.2) is 46.3 Å². The van der Waals surface area contributed by atoms with Crippen LogP contribution in [0.4, 0.5) is 0 Å². The van der Waals surface area contributed by atoms with Gasteiger partial charge >= 0.3 is 0 Å². The highest BCUT2D eigenvalue weighted by Gasteiger charge is 2.37. The third-order valence-electron chi connectivity index (χ3n) is 4.08. The summed E-state index contributed by atoms with van der Waals surface area (Å²) in [4.78, 5) is 8.12. The van der Waals surface area contributed by atoms with Gasteiger partial charge in [0.25, 0.3) is 10.0 Å². The third-order valence-corrected chi connectivity index (χ3v) is 6.34. The number of hydrogen-bond donors (Lipinski definition) is 0. The number of fused-ring (bicyclic) bond motifs is 1. The maximum Gasteiger partial charge on any atom is 0.262 e. The zero-order valence-electron chi connectivity index (χ0n) is 13.1. The Balaban J connectivity index is 1.60. The van der Waals surface area contributed by atoms with Crippen LogP contribution in [-0.2, 0) is 10.0 Å². The number of rotatable bonds is 4. The second-order valence-electron chi connectivity index (χ2n) is 5.72. The standard InChI is InChI=1S/C16H15ClN4O3S/c17-15-16(21-8-2-1-5-14(21)19-15)25(22,23)20-9-6-13(11-20)24-12-4-3-7-18-10-12/h1-5,7-8,10,13H,6,9,11H2/t13-/m0/s1. The van der Waals surface area contributed by atoms with Crippen molar-refractivity contribution < 1.29 is 13.2 Å². The van der Waals surface area contributed by atoms with Crippen LogP contribution in [0, 0.1) is 0 Å². The highest BCUT2D eigenvalue weighted by atomic mass is 35.5. The maximum atomic E-state index is 13.0. The first-order chi connectivity index (χ1) is 12.1. The molecule has 4 heterocycles. The topological polar surface area (TPSA) is 76.8 Å². The van der Waals surface area contributed by atoms with Crippen molar-refractivity contribution in [3.63, 3.8) is 0 Å². The highest BCUT2D eigenvalue weighted by Crippen LogP contribution is 2.29. The van der Waals surface area contributed by atoms with Gasteiger partial charge in [0.1, 0.15) is 17.5 Å². The molecule has 130 valence electrons. The number of halogens is 1. The summed E-state index contributed by atoms with van der Waals surface area (Å²) in [5, 5.41) is -0.0328. The number of aromatic nitrogens is 3. The minimum Gasteiger partial charge on any atom is -0.487 e. The molecule has 3 aromatic rings. The Morgan fingerprint density at radius 3 is 2.92 bits per heavy atom. The lowest BCUT2D eigenvalue weighted by Gasteiger charge is -2.17. The molecule has 1 saturated heterocycles. The molecular weight excluding hydrogens is 364 g/mol. The minimum atomic E-state index is -3.77. The molecule has 4 rings (SSSR count). The molecule has 25 heavy (non-hydrogen) atoms. The van der Waals surface area contributed by atoms with E-state index in [4.69, 9.17) is 16.3 Å². The Morgan fingerprint density at radius 1 is 1.24 bits per heavy atom. The molecule has 0 aromatic carbocycles. The van der Waals surface area contributed by atoms with Crippen molar-refractivity contribution in [2.24, 2.45) is 0 Å². The van der Waals surface area contributed by atoms with Crippen LogP contribution in [0.15, 0.2) is 53.9 Å². The average molecular weight is 379 g/mol. The largest absolute Gasteiger partial charge is 0.487 e. The third kappa shape index (κ3) is 2.97. The fourth-order valence-corrected chi connectivity index (χ4v) is 5.00. The Hall–Kier alpha value is -2.16. The zero-order valence-corrected chi connectivity index (χ0v) is 14.7. The maximum absolute atomic E-state index is 13.0. The minimum absolute atomic E-state index is 0.00760. The second-order valence-corrected chi connectivity index (χ2v) is 7.93. The molecule has 1 atom stereocenters. The van der Waals surface area contributed by atoms with Crippen LogP contribution in [0.3, 0.4) is 0 Å². The fourth-order valence-electron chi connectivity index (χ4n) is 2.92. The monoisotopic (exact) mass is 378 g/mol. The first-order valence-corrected chi connectivity index (χ1v) is 9.57. The molecule has 0 saturated carbocycles. The summed E-state index contributed by atoms with van der Waals surface area (Å²) >= 11 is 6.12. The van der Waals surface area contributed by atoms with Gasteiger partial charge in [-0.15, -0.1) is 0 Å². The Kier molecular flexibility index (Phi) is 4.10. The van der Waals surface area contributed by atoms with Gasteiger partial charge in [-0.2, -0.15) is 4.31 Å². The molecule has 0 bridgehead atoms. The molecule has 1 fully saturated rings. The summed E-state index contributed by atoms with van der Waals surface area (Å²) in [7, 11) is -3.77. The van der Waals surface area contributed by atoms with E-state index in [0.29, 0.717) is 24.4 Å². The van der Waals surface area contributed by atoms with E-state index in [1.54, 1.807) is 48.9 Å². The Bertz CT molecular complexity index is 1010. The number of nitrogens with zero attached hydrogens (tertiary/aromatic N) is 4. The summed E-state index contributed by atoms with van der Waals surface area (Å²) in [6.07, 6.45) is 5.28. The van der Waals surface area contributed by atoms with Gasteiger partial charge in [0.05, 0.1) is 12.7 Å². The summed E-state index contributed by atoms with van der Waals surface area (Å²) in [6.45, 7) is 0.622. The molecule has 3 aromatic heterocycles. The van der Waals surface area contributed by atoms with Gasteiger partial charge in [-0.05, 0) is 30.7 Å². The van der Waals surface area contributed by atoms with E-state index in [0.717, 1.165) is 0 Å². The van der Waals surface area contributed by atoms with Crippen molar-refractivity contribution in [1.82, 2.24) is 18.7 Å². The van der Waals surface area contributed by atoms with Gasteiger partial charge in [0, 0.05) is 18.9 Å². The molecule has 0 amide bonds. The molecule has 0 radical (unpaired) electrons. The summed E-state index contributed by atoms with van der Waals surface area (Å²) in [5.41, 5.74) is 0.494. The normalized spacial score (nSPS) is 18.7. The SMILES string of the molecule is O=S(=O)(c1c(Cl)nc2ccccn12)N1CC[C@H](Oc2cccnc2)C1. The van der Waals surface area contributed by atoms with Crippen molar-refractivity contribution in [3.8, 4) is 5.75 Å². The lowest BCUT2D eigenvalue weighted by Crippen LogP contribution is -2.32. The van der Waals surface area contributed by atoms with Crippen molar-refractivity contribution in [3.05, 3.63) is 54.1 Å². The summed E-state index contributed by atoms with van der Waals surface area (Å²) in [5.74, 6) is 0.625. The molecule has 7 nitrogen and oxygen atoms in total. The van der Waals surface area contributed by atoms with E-state index < -0.39 is 10.0 Å².